The number of aliphatic imine (C=N–C) groups is 1. The van der Waals surface area contributed by atoms with Crippen LogP contribution in [0.3, 0.4) is 0 Å². The summed E-state index contributed by atoms with van der Waals surface area (Å²) in [5.74, 6) is 1.15. The first kappa shape index (κ1) is 23.0. The summed E-state index contributed by atoms with van der Waals surface area (Å²) in [7, 11) is 5.35. The second-order valence-electron chi connectivity index (χ2n) is 8.44. The summed E-state index contributed by atoms with van der Waals surface area (Å²) in [6, 6.07) is 5.97. The Labute approximate surface area is 174 Å². The highest BCUT2D eigenvalue weighted by molar-refractivity contribution is 5.68. The standard InChI is InChI=1S/C22H34N4O3/c1-22(2,3)29-11-10-26-9-7-8-18(26)15-28-21-13-19(24-16-25(4)5)17(14-23)12-20(21)27-6/h12-13,16,18H,7-11,15H2,1-6H3/b24-16-/t18-/m1/s1. The zero-order valence-corrected chi connectivity index (χ0v) is 18.6. The highest BCUT2D eigenvalue weighted by Gasteiger charge is 2.26. The number of hydrogen-bond donors (Lipinski definition) is 0. The van der Waals surface area contributed by atoms with Gasteiger partial charge >= 0.3 is 0 Å². The lowest BCUT2D eigenvalue weighted by atomic mass is 10.1. The number of methoxy groups -OCH3 is 1. The van der Waals surface area contributed by atoms with Gasteiger partial charge in [0.1, 0.15) is 12.7 Å². The van der Waals surface area contributed by atoms with E-state index in [1.54, 1.807) is 25.6 Å². The predicted octanol–water partition coefficient (Wildman–Crippen LogP) is 3.45. The van der Waals surface area contributed by atoms with E-state index in [4.69, 9.17) is 14.2 Å². The summed E-state index contributed by atoms with van der Waals surface area (Å²) in [6.45, 7) is 9.46. The third-order valence-corrected chi connectivity index (χ3v) is 4.67. The lowest BCUT2D eigenvalue weighted by molar-refractivity contribution is -0.0159. The topological polar surface area (TPSA) is 70.3 Å². The molecule has 7 heteroatoms. The zero-order valence-electron chi connectivity index (χ0n) is 18.6. The van der Waals surface area contributed by atoms with Crippen LogP contribution in [-0.4, -0.2) is 75.3 Å². The lowest BCUT2D eigenvalue weighted by Crippen LogP contribution is -2.37. The van der Waals surface area contributed by atoms with Crippen LogP contribution in [0, 0.1) is 11.3 Å². The Balaban J connectivity index is 2.06. The van der Waals surface area contributed by atoms with Crippen LogP contribution in [0.1, 0.15) is 39.2 Å². The van der Waals surface area contributed by atoms with Crippen molar-refractivity contribution in [3.05, 3.63) is 17.7 Å². The number of nitriles is 1. The highest BCUT2D eigenvalue weighted by Crippen LogP contribution is 2.35. The molecule has 0 radical (unpaired) electrons. The van der Waals surface area contributed by atoms with E-state index in [0.29, 0.717) is 42.0 Å². The second-order valence-corrected chi connectivity index (χ2v) is 8.44. The van der Waals surface area contributed by atoms with Gasteiger partial charge in [-0.1, -0.05) is 0 Å². The Bertz CT molecular complexity index is 735. The van der Waals surface area contributed by atoms with Gasteiger partial charge in [0.25, 0.3) is 0 Å². The van der Waals surface area contributed by atoms with Crippen LogP contribution in [0.5, 0.6) is 11.5 Å². The van der Waals surface area contributed by atoms with Crippen molar-refractivity contribution in [1.82, 2.24) is 9.80 Å². The van der Waals surface area contributed by atoms with Gasteiger partial charge in [-0.3, -0.25) is 4.90 Å². The van der Waals surface area contributed by atoms with Crippen molar-refractivity contribution >= 4 is 12.0 Å². The molecule has 1 aliphatic rings. The molecule has 1 fully saturated rings. The van der Waals surface area contributed by atoms with Crippen molar-refractivity contribution in [3.8, 4) is 17.6 Å². The lowest BCUT2D eigenvalue weighted by Gasteiger charge is -2.27. The van der Waals surface area contributed by atoms with Crippen molar-refractivity contribution in [1.29, 1.82) is 5.26 Å². The third-order valence-electron chi connectivity index (χ3n) is 4.67. The minimum absolute atomic E-state index is 0.120. The number of rotatable bonds is 9. The first-order chi connectivity index (χ1) is 13.7. The van der Waals surface area contributed by atoms with Gasteiger partial charge in [0.2, 0.25) is 0 Å². The molecule has 0 aliphatic carbocycles. The number of hydrogen-bond acceptors (Lipinski definition) is 6. The SMILES string of the molecule is COc1cc(C#N)c(/N=C\N(C)C)cc1OC[C@H]1CCCN1CCOC(C)(C)C. The number of ether oxygens (including phenoxy) is 3. The van der Waals surface area contributed by atoms with E-state index in [1.165, 1.54) is 0 Å². The van der Waals surface area contributed by atoms with E-state index in [0.717, 1.165) is 25.9 Å². The maximum Gasteiger partial charge on any atom is 0.163 e. The fraction of sp³-hybridized carbons (Fsp3) is 0.636. The van der Waals surface area contributed by atoms with Crippen LogP contribution in [0.15, 0.2) is 17.1 Å². The molecule has 0 unspecified atom stereocenters. The van der Waals surface area contributed by atoms with Crippen LogP contribution >= 0.6 is 0 Å². The molecule has 0 saturated carbocycles. The molecule has 1 aromatic carbocycles. The largest absolute Gasteiger partial charge is 0.493 e. The molecule has 7 nitrogen and oxygen atoms in total. The molecule has 0 spiro atoms. The Morgan fingerprint density at radius 2 is 2.07 bits per heavy atom. The molecule has 1 saturated heterocycles. The molecular formula is C22H34N4O3. The monoisotopic (exact) mass is 402 g/mol. The van der Waals surface area contributed by atoms with Gasteiger partial charge < -0.3 is 19.1 Å². The summed E-state index contributed by atoms with van der Waals surface area (Å²) < 4.78 is 17.4. The fourth-order valence-electron chi connectivity index (χ4n) is 3.23. The Morgan fingerprint density at radius 3 is 2.69 bits per heavy atom. The fourth-order valence-corrected chi connectivity index (χ4v) is 3.23. The van der Waals surface area contributed by atoms with E-state index in [9.17, 15) is 5.26 Å². The van der Waals surface area contributed by atoms with Crippen molar-refractivity contribution in [2.75, 3.05) is 47.5 Å². The molecule has 2 rings (SSSR count). The average molecular weight is 403 g/mol. The van der Waals surface area contributed by atoms with Crippen molar-refractivity contribution in [2.45, 2.75) is 45.3 Å². The van der Waals surface area contributed by atoms with Crippen LogP contribution < -0.4 is 9.47 Å². The molecule has 0 N–H and O–H groups in total. The maximum absolute atomic E-state index is 9.42. The molecular weight excluding hydrogens is 368 g/mol. The summed E-state index contributed by atoms with van der Waals surface area (Å²) in [6.07, 6.45) is 3.92. The van der Waals surface area contributed by atoms with Gasteiger partial charge in [0.15, 0.2) is 11.5 Å². The molecule has 1 heterocycles. The first-order valence-electron chi connectivity index (χ1n) is 10.1. The molecule has 1 atom stereocenters. The van der Waals surface area contributed by atoms with E-state index >= 15 is 0 Å². The summed E-state index contributed by atoms with van der Waals surface area (Å²) in [5.41, 5.74) is 0.901. The molecule has 1 aromatic rings. The van der Waals surface area contributed by atoms with Crippen molar-refractivity contribution < 1.29 is 14.2 Å². The van der Waals surface area contributed by atoms with Crippen LogP contribution in [0.4, 0.5) is 5.69 Å². The van der Waals surface area contributed by atoms with Crippen LogP contribution in [-0.2, 0) is 4.74 Å². The highest BCUT2D eigenvalue weighted by atomic mass is 16.5. The molecule has 0 bridgehead atoms. The van der Waals surface area contributed by atoms with Gasteiger partial charge in [-0.15, -0.1) is 0 Å². The summed E-state index contributed by atoms with van der Waals surface area (Å²) in [5, 5.41) is 9.42. The van der Waals surface area contributed by atoms with Crippen LogP contribution in [0.2, 0.25) is 0 Å². The Morgan fingerprint density at radius 1 is 1.31 bits per heavy atom. The quantitative estimate of drug-likeness (QED) is 0.465. The molecule has 0 amide bonds. The van der Waals surface area contributed by atoms with E-state index in [2.05, 4.69) is 36.7 Å². The van der Waals surface area contributed by atoms with E-state index < -0.39 is 0 Å². The van der Waals surface area contributed by atoms with Gasteiger partial charge in [-0.2, -0.15) is 5.26 Å². The molecule has 0 aromatic heterocycles. The minimum atomic E-state index is -0.120. The van der Waals surface area contributed by atoms with Gasteiger partial charge in [0, 0.05) is 38.8 Å². The van der Waals surface area contributed by atoms with Gasteiger partial charge in [-0.25, -0.2) is 4.99 Å². The van der Waals surface area contributed by atoms with E-state index in [-0.39, 0.29) is 5.60 Å². The number of likely N-dealkylation sites (tertiary alicyclic amines) is 1. The predicted molar refractivity (Wildman–Crippen MR) is 115 cm³/mol. The normalized spacial score (nSPS) is 17.5. The van der Waals surface area contributed by atoms with Crippen molar-refractivity contribution in [2.24, 2.45) is 4.99 Å². The third kappa shape index (κ3) is 7.22. The maximum atomic E-state index is 9.42. The van der Waals surface area contributed by atoms with Crippen molar-refractivity contribution in [3.63, 3.8) is 0 Å². The Kier molecular flexibility index (Phi) is 8.30. The summed E-state index contributed by atoms with van der Waals surface area (Å²) in [4.78, 5) is 8.63. The zero-order chi connectivity index (χ0) is 21.4. The molecule has 160 valence electrons. The summed E-state index contributed by atoms with van der Waals surface area (Å²) >= 11 is 0. The molecule has 1 aliphatic heterocycles. The number of nitrogens with zero attached hydrogens (tertiary/aromatic N) is 4. The van der Waals surface area contributed by atoms with Gasteiger partial charge in [-0.05, 0) is 40.2 Å². The van der Waals surface area contributed by atoms with Gasteiger partial charge in [0.05, 0.1) is 36.9 Å². The second kappa shape index (κ2) is 10.5. The smallest absolute Gasteiger partial charge is 0.163 e. The Hall–Kier alpha value is -2.30. The minimum Gasteiger partial charge on any atom is -0.493 e. The van der Waals surface area contributed by atoms with E-state index in [1.807, 2.05) is 19.0 Å². The van der Waals surface area contributed by atoms with Crippen LogP contribution in [0.25, 0.3) is 0 Å². The average Bonchev–Trinajstić information content (AvgIpc) is 3.10. The molecule has 29 heavy (non-hydrogen) atoms. The number of benzene rings is 1. The first-order valence-corrected chi connectivity index (χ1v) is 10.1.